The van der Waals surface area contributed by atoms with E-state index in [1.165, 1.54) is 0 Å². The van der Waals surface area contributed by atoms with Gasteiger partial charge in [-0.15, -0.1) is 0 Å². The molecule has 0 saturated carbocycles. The van der Waals surface area contributed by atoms with Crippen LogP contribution in [-0.4, -0.2) is 50.0 Å². The molecule has 1 N–H and O–H groups in total. The monoisotopic (exact) mass is 251 g/mol. The smallest absolute Gasteiger partial charge is 0.124 e. The molecule has 1 atom stereocenters. The zero-order valence-electron chi connectivity index (χ0n) is 10.8. The Balaban J connectivity index is 1.99. The van der Waals surface area contributed by atoms with Crippen molar-refractivity contribution in [2.45, 2.75) is 12.5 Å². The van der Waals surface area contributed by atoms with E-state index in [0.29, 0.717) is 6.54 Å². The van der Waals surface area contributed by atoms with Crippen molar-refractivity contribution >= 4 is 0 Å². The standard InChI is InChI=1S/C14H21NO3/c1-17-14-6-3-2-5-12(14)13(16)11-15-7-4-9-18-10-8-15/h2-3,5-6,13,16H,4,7-11H2,1H3. The number of ether oxygens (including phenoxy) is 2. The highest BCUT2D eigenvalue weighted by molar-refractivity contribution is 5.35. The fourth-order valence-electron chi connectivity index (χ4n) is 2.26. The van der Waals surface area contributed by atoms with E-state index in [4.69, 9.17) is 9.47 Å². The number of rotatable bonds is 4. The Labute approximate surface area is 108 Å². The van der Waals surface area contributed by atoms with Crippen molar-refractivity contribution in [1.82, 2.24) is 4.90 Å². The number of hydrogen-bond acceptors (Lipinski definition) is 4. The van der Waals surface area contributed by atoms with Crippen molar-refractivity contribution in [1.29, 1.82) is 0 Å². The maximum atomic E-state index is 10.3. The summed E-state index contributed by atoms with van der Waals surface area (Å²) in [5, 5.41) is 10.3. The zero-order valence-corrected chi connectivity index (χ0v) is 10.8. The maximum Gasteiger partial charge on any atom is 0.124 e. The first-order valence-electron chi connectivity index (χ1n) is 6.42. The van der Waals surface area contributed by atoms with Gasteiger partial charge < -0.3 is 14.6 Å². The van der Waals surface area contributed by atoms with E-state index in [9.17, 15) is 5.11 Å². The van der Waals surface area contributed by atoms with Crippen molar-refractivity contribution in [3.63, 3.8) is 0 Å². The van der Waals surface area contributed by atoms with Gasteiger partial charge in [-0.1, -0.05) is 18.2 Å². The van der Waals surface area contributed by atoms with Crippen LogP contribution in [0.1, 0.15) is 18.1 Å². The second-order valence-corrected chi connectivity index (χ2v) is 4.52. The van der Waals surface area contributed by atoms with Crippen LogP contribution in [0.4, 0.5) is 0 Å². The molecule has 1 aliphatic heterocycles. The molecule has 1 unspecified atom stereocenters. The summed E-state index contributed by atoms with van der Waals surface area (Å²) in [6, 6.07) is 7.63. The van der Waals surface area contributed by atoms with Gasteiger partial charge in [0.15, 0.2) is 0 Å². The normalized spacial score (nSPS) is 19.2. The van der Waals surface area contributed by atoms with Gasteiger partial charge in [0.1, 0.15) is 5.75 Å². The minimum absolute atomic E-state index is 0.515. The van der Waals surface area contributed by atoms with Gasteiger partial charge in [0.2, 0.25) is 0 Å². The lowest BCUT2D eigenvalue weighted by atomic mass is 10.1. The molecule has 1 fully saturated rings. The molecule has 4 heteroatoms. The molecule has 0 aliphatic carbocycles. The van der Waals surface area contributed by atoms with Crippen molar-refractivity contribution < 1.29 is 14.6 Å². The Kier molecular flexibility index (Phi) is 4.99. The molecule has 0 amide bonds. The van der Waals surface area contributed by atoms with Crippen LogP contribution in [0.5, 0.6) is 5.75 Å². The molecule has 1 aromatic rings. The van der Waals surface area contributed by atoms with E-state index in [1.807, 2.05) is 24.3 Å². The molecule has 1 aromatic carbocycles. The maximum absolute atomic E-state index is 10.3. The lowest BCUT2D eigenvalue weighted by molar-refractivity contribution is 0.102. The van der Waals surface area contributed by atoms with E-state index in [0.717, 1.165) is 44.0 Å². The Hall–Kier alpha value is -1.10. The van der Waals surface area contributed by atoms with E-state index >= 15 is 0 Å². The third-order valence-corrected chi connectivity index (χ3v) is 3.24. The molecule has 0 aromatic heterocycles. The first-order valence-corrected chi connectivity index (χ1v) is 6.42. The Morgan fingerprint density at radius 2 is 2.17 bits per heavy atom. The molecule has 0 bridgehead atoms. The van der Waals surface area contributed by atoms with E-state index in [1.54, 1.807) is 7.11 Å². The summed E-state index contributed by atoms with van der Waals surface area (Å²) in [4.78, 5) is 2.24. The molecule has 1 aliphatic rings. The average Bonchev–Trinajstić information content (AvgIpc) is 2.67. The average molecular weight is 251 g/mol. The molecule has 2 rings (SSSR count). The summed E-state index contributed by atoms with van der Waals surface area (Å²) in [6.45, 7) is 4.06. The largest absolute Gasteiger partial charge is 0.496 e. The lowest BCUT2D eigenvalue weighted by Crippen LogP contribution is -2.31. The second-order valence-electron chi connectivity index (χ2n) is 4.52. The van der Waals surface area contributed by atoms with Gasteiger partial charge in [-0.3, -0.25) is 4.90 Å². The molecule has 4 nitrogen and oxygen atoms in total. The highest BCUT2D eigenvalue weighted by Gasteiger charge is 2.17. The number of aliphatic hydroxyl groups excluding tert-OH is 1. The molecule has 1 heterocycles. The fraction of sp³-hybridized carbons (Fsp3) is 0.571. The minimum atomic E-state index is -0.515. The third-order valence-electron chi connectivity index (χ3n) is 3.24. The molecule has 18 heavy (non-hydrogen) atoms. The molecular weight excluding hydrogens is 230 g/mol. The van der Waals surface area contributed by atoms with E-state index in [-0.39, 0.29) is 0 Å². The van der Waals surface area contributed by atoms with Crippen LogP contribution in [-0.2, 0) is 4.74 Å². The fourth-order valence-corrected chi connectivity index (χ4v) is 2.26. The molecule has 100 valence electrons. The van der Waals surface area contributed by atoms with Crippen LogP contribution in [0.15, 0.2) is 24.3 Å². The first-order chi connectivity index (χ1) is 8.81. The lowest BCUT2D eigenvalue weighted by Gasteiger charge is -2.23. The van der Waals surface area contributed by atoms with Gasteiger partial charge in [0, 0.05) is 31.8 Å². The topological polar surface area (TPSA) is 41.9 Å². The van der Waals surface area contributed by atoms with E-state index in [2.05, 4.69) is 4.90 Å². The van der Waals surface area contributed by atoms with Crippen molar-refractivity contribution in [2.75, 3.05) is 40.0 Å². The van der Waals surface area contributed by atoms with E-state index < -0.39 is 6.10 Å². The summed E-state index contributed by atoms with van der Waals surface area (Å²) in [6.07, 6.45) is 0.512. The molecule has 0 radical (unpaired) electrons. The summed E-state index contributed by atoms with van der Waals surface area (Å²) in [5.74, 6) is 0.746. The zero-order chi connectivity index (χ0) is 12.8. The van der Waals surface area contributed by atoms with Crippen LogP contribution in [0.2, 0.25) is 0 Å². The number of para-hydroxylation sites is 1. The third kappa shape index (κ3) is 3.45. The first kappa shape index (κ1) is 13.3. The quantitative estimate of drug-likeness (QED) is 0.879. The molecular formula is C14H21NO3. The SMILES string of the molecule is COc1ccccc1C(O)CN1CCCOCC1. The summed E-state index contributed by atoms with van der Waals surface area (Å²) < 4.78 is 10.7. The predicted octanol–water partition coefficient (Wildman–Crippen LogP) is 1.45. The summed E-state index contributed by atoms with van der Waals surface area (Å²) in [7, 11) is 1.63. The van der Waals surface area contributed by atoms with Gasteiger partial charge in [-0.25, -0.2) is 0 Å². The number of benzene rings is 1. The van der Waals surface area contributed by atoms with Crippen LogP contribution >= 0.6 is 0 Å². The van der Waals surface area contributed by atoms with Gasteiger partial charge in [-0.05, 0) is 12.5 Å². The highest BCUT2D eigenvalue weighted by Crippen LogP contribution is 2.25. The van der Waals surface area contributed by atoms with Gasteiger partial charge in [0.05, 0.1) is 19.8 Å². The summed E-state index contributed by atoms with van der Waals surface area (Å²) in [5.41, 5.74) is 0.852. The number of aliphatic hydroxyl groups is 1. The Morgan fingerprint density at radius 3 is 3.00 bits per heavy atom. The predicted molar refractivity (Wildman–Crippen MR) is 69.8 cm³/mol. The van der Waals surface area contributed by atoms with Crippen LogP contribution in [0.25, 0.3) is 0 Å². The number of nitrogens with zero attached hydrogens (tertiary/aromatic N) is 1. The van der Waals surface area contributed by atoms with Crippen molar-refractivity contribution in [3.05, 3.63) is 29.8 Å². The Bertz CT molecular complexity index is 362. The van der Waals surface area contributed by atoms with Crippen molar-refractivity contribution in [2.24, 2.45) is 0 Å². The van der Waals surface area contributed by atoms with Crippen LogP contribution < -0.4 is 4.74 Å². The molecule has 0 spiro atoms. The Morgan fingerprint density at radius 1 is 1.33 bits per heavy atom. The van der Waals surface area contributed by atoms with Crippen molar-refractivity contribution in [3.8, 4) is 5.75 Å². The summed E-state index contributed by atoms with van der Waals surface area (Å²) >= 11 is 0. The minimum Gasteiger partial charge on any atom is -0.496 e. The van der Waals surface area contributed by atoms with Crippen LogP contribution in [0, 0.1) is 0 Å². The van der Waals surface area contributed by atoms with Gasteiger partial charge in [0.25, 0.3) is 0 Å². The highest BCUT2D eigenvalue weighted by atomic mass is 16.5. The molecule has 1 saturated heterocycles. The van der Waals surface area contributed by atoms with Gasteiger partial charge in [-0.2, -0.15) is 0 Å². The van der Waals surface area contributed by atoms with Crippen LogP contribution in [0.3, 0.4) is 0 Å². The van der Waals surface area contributed by atoms with Gasteiger partial charge >= 0.3 is 0 Å². The number of hydrogen-bond donors (Lipinski definition) is 1. The second kappa shape index (κ2) is 6.73. The number of methoxy groups -OCH3 is 1. The number of β-amino-alcohol motifs (C(OH)–C–C–N with tert-alkyl or cyclic N) is 1.